The minimum Gasteiger partial charge on any atom is -0.489 e. The first kappa shape index (κ1) is 13.2. The third-order valence-corrected chi connectivity index (χ3v) is 4.00. The molecule has 0 aliphatic heterocycles. The van der Waals surface area contributed by atoms with Gasteiger partial charge < -0.3 is 4.74 Å². The molecule has 0 fully saturated rings. The van der Waals surface area contributed by atoms with E-state index in [1.54, 1.807) is 0 Å². The molecule has 0 heterocycles. The molecule has 2 aromatic rings. The molecule has 0 amide bonds. The highest BCUT2D eigenvalue weighted by molar-refractivity contribution is 9.10. The molecule has 0 aromatic heterocycles. The number of aryl methyl sites for hydroxylation is 3. The molecular weight excluding hydrogens is 288 g/mol. The molecule has 0 aliphatic rings. The number of ether oxygens (including phenoxy) is 1. The topological polar surface area (TPSA) is 9.23 Å². The van der Waals surface area contributed by atoms with Crippen molar-refractivity contribution in [2.45, 2.75) is 27.4 Å². The standard InChI is InChI=1S/C16H17BrO/c1-11-4-5-14(8-12(11)2)10-18-15-6-7-16(17)13(3)9-15/h4-9H,10H2,1-3H3. The molecule has 0 radical (unpaired) electrons. The van der Waals surface area contributed by atoms with Crippen LogP contribution in [0.3, 0.4) is 0 Å². The van der Waals surface area contributed by atoms with Crippen LogP contribution in [-0.4, -0.2) is 0 Å². The van der Waals surface area contributed by atoms with Gasteiger partial charge in [-0.2, -0.15) is 0 Å². The van der Waals surface area contributed by atoms with E-state index in [-0.39, 0.29) is 0 Å². The highest BCUT2D eigenvalue weighted by Gasteiger charge is 2.00. The summed E-state index contributed by atoms with van der Waals surface area (Å²) in [6, 6.07) is 12.5. The fourth-order valence-corrected chi connectivity index (χ4v) is 2.01. The average molecular weight is 305 g/mol. The molecule has 0 bridgehead atoms. The van der Waals surface area contributed by atoms with Crippen molar-refractivity contribution in [3.05, 3.63) is 63.1 Å². The summed E-state index contributed by atoms with van der Waals surface area (Å²) in [6.45, 7) is 6.93. The van der Waals surface area contributed by atoms with E-state index in [1.807, 2.05) is 18.2 Å². The summed E-state index contributed by atoms with van der Waals surface area (Å²) in [7, 11) is 0. The first-order valence-electron chi connectivity index (χ1n) is 6.01. The average Bonchev–Trinajstić information content (AvgIpc) is 2.35. The van der Waals surface area contributed by atoms with E-state index in [0.717, 1.165) is 10.2 Å². The van der Waals surface area contributed by atoms with Gasteiger partial charge in [-0.1, -0.05) is 34.1 Å². The highest BCUT2D eigenvalue weighted by Crippen LogP contribution is 2.22. The number of halogens is 1. The Kier molecular flexibility index (Phi) is 4.07. The first-order chi connectivity index (χ1) is 8.56. The van der Waals surface area contributed by atoms with Crippen molar-refractivity contribution in [3.8, 4) is 5.75 Å². The van der Waals surface area contributed by atoms with Crippen molar-refractivity contribution in [1.29, 1.82) is 0 Å². The lowest BCUT2D eigenvalue weighted by Crippen LogP contribution is -1.96. The first-order valence-corrected chi connectivity index (χ1v) is 6.80. The summed E-state index contributed by atoms with van der Waals surface area (Å²) < 4.78 is 6.91. The quantitative estimate of drug-likeness (QED) is 0.779. The van der Waals surface area contributed by atoms with E-state index in [0.29, 0.717) is 6.61 Å². The maximum absolute atomic E-state index is 5.80. The van der Waals surface area contributed by atoms with Crippen LogP contribution in [0.5, 0.6) is 5.75 Å². The number of hydrogen-bond donors (Lipinski definition) is 0. The lowest BCUT2D eigenvalue weighted by molar-refractivity contribution is 0.306. The predicted octanol–water partition coefficient (Wildman–Crippen LogP) is 4.95. The third kappa shape index (κ3) is 3.14. The van der Waals surface area contributed by atoms with E-state index in [9.17, 15) is 0 Å². The maximum atomic E-state index is 5.80. The molecule has 0 unspecified atom stereocenters. The minimum absolute atomic E-state index is 0.613. The van der Waals surface area contributed by atoms with E-state index in [2.05, 4.69) is 54.9 Å². The molecular formula is C16H17BrO. The summed E-state index contributed by atoms with van der Waals surface area (Å²) in [4.78, 5) is 0. The van der Waals surface area contributed by atoms with Gasteiger partial charge in [0.25, 0.3) is 0 Å². The van der Waals surface area contributed by atoms with Gasteiger partial charge in [0.05, 0.1) is 0 Å². The van der Waals surface area contributed by atoms with Crippen LogP contribution in [0, 0.1) is 20.8 Å². The van der Waals surface area contributed by atoms with Crippen molar-refractivity contribution in [2.24, 2.45) is 0 Å². The van der Waals surface area contributed by atoms with Crippen molar-refractivity contribution in [1.82, 2.24) is 0 Å². The smallest absolute Gasteiger partial charge is 0.120 e. The summed E-state index contributed by atoms with van der Waals surface area (Å²) in [5, 5.41) is 0. The van der Waals surface area contributed by atoms with E-state index >= 15 is 0 Å². The molecule has 2 rings (SSSR count). The van der Waals surface area contributed by atoms with Gasteiger partial charge >= 0.3 is 0 Å². The third-order valence-electron chi connectivity index (χ3n) is 3.11. The van der Waals surface area contributed by atoms with Crippen LogP contribution < -0.4 is 4.74 Å². The zero-order valence-corrected chi connectivity index (χ0v) is 12.5. The van der Waals surface area contributed by atoms with Gasteiger partial charge in [-0.15, -0.1) is 0 Å². The van der Waals surface area contributed by atoms with Gasteiger partial charge in [0.1, 0.15) is 12.4 Å². The fraction of sp³-hybridized carbons (Fsp3) is 0.250. The molecule has 2 heteroatoms. The van der Waals surface area contributed by atoms with Gasteiger partial charge in [-0.05, 0) is 61.2 Å². The van der Waals surface area contributed by atoms with Crippen molar-refractivity contribution < 1.29 is 4.74 Å². The lowest BCUT2D eigenvalue weighted by Gasteiger charge is -2.09. The van der Waals surface area contributed by atoms with E-state index in [4.69, 9.17) is 4.74 Å². The molecule has 1 nitrogen and oxygen atoms in total. The van der Waals surface area contributed by atoms with Crippen LogP contribution >= 0.6 is 15.9 Å². The molecule has 0 saturated carbocycles. The zero-order chi connectivity index (χ0) is 13.1. The van der Waals surface area contributed by atoms with Gasteiger partial charge in [0.15, 0.2) is 0 Å². The van der Waals surface area contributed by atoms with Crippen molar-refractivity contribution in [3.63, 3.8) is 0 Å². The minimum atomic E-state index is 0.613. The molecule has 94 valence electrons. The van der Waals surface area contributed by atoms with Crippen LogP contribution in [-0.2, 0) is 6.61 Å². The molecule has 0 atom stereocenters. The Morgan fingerprint density at radius 3 is 2.33 bits per heavy atom. The molecule has 2 aromatic carbocycles. The second-order valence-corrected chi connectivity index (χ2v) is 5.47. The van der Waals surface area contributed by atoms with Gasteiger partial charge in [-0.3, -0.25) is 0 Å². The number of benzene rings is 2. The monoisotopic (exact) mass is 304 g/mol. The SMILES string of the molecule is Cc1ccc(COc2ccc(Br)c(C)c2)cc1C. The Hall–Kier alpha value is -1.28. The molecule has 0 saturated heterocycles. The van der Waals surface area contributed by atoms with Gasteiger partial charge in [0, 0.05) is 4.47 Å². The second-order valence-electron chi connectivity index (χ2n) is 4.62. The maximum Gasteiger partial charge on any atom is 0.120 e. The van der Waals surface area contributed by atoms with E-state index in [1.165, 1.54) is 22.3 Å². The van der Waals surface area contributed by atoms with E-state index < -0.39 is 0 Å². The van der Waals surface area contributed by atoms with Crippen molar-refractivity contribution >= 4 is 15.9 Å². The van der Waals surface area contributed by atoms with Crippen LogP contribution in [0.1, 0.15) is 22.3 Å². The van der Waals surface area contributed by atoms with Crippen LogP contribution in [0.2, 0.25) is 0 Å². The number of hydrogen-bond acceptors (Lipinski definition) is 1. The molecule has 0 spiro atoms. The van der Waals surface area contributed by atoms with Crippen molar-refractivity contribution in [2.75, 3.05) is 0 Å². The largest absolute Gasteiger partial charge is 0.489 e. The molecule has 0 aliphatic carbocycles. The highest BCUT2D eigenvalue weighted by atomic mass is 79.9. The lowest BCUT2D eigenvalue weighted by atomic mass is 10.1. The van der Waals surface area contributed by atoms with Crippen LogP contribution in [0.4, 0.5) is 0 Å². The normalized spacial score (nSPS) is 10.4. The summed E-state index contributed by atoms with van der Waals surface area (Å²) >= 11 is 3.49. The fourth-order valence-electron chi connectivity index (χ4n) is 1.77. The van der Waals surface area contributed by atoms with Gasteiger partial charge in [0.2, 0.25) is 0 Å². The van der Waals surface area contributed by atoms with Crippen LogP contribution in [0.25, 0.3) is 0 Å². The summed E-state index contributed by atoms with van der Waals surface area (Å²) in [6.07, 6.45) is 0. The molecule has 18 heavy (non-hydrogen) atoms. The zero-order valence-electron chi connectivity index (χ0n) is 11.0. The van der Waals surface area contributed by atoms with Crippen LogP contribution in [0.15, 0.2) is 40.9 Å². The Morgan fingerprint density at radius 1 is 0.889 bits per heavy atom. The Morgan fingerprint density at radius 2 is 1.67 bits per heavy atom. The second kappa shape index (κ2) is 5.57. The summed E-state index contributed by atoms with van der Waals surface area (Å²) in [5.74, 6) is 0.911. The Bertz CT molecular complexity index is 510. The predicted molar refractivity (Wildman–Crippen MR) is 79.1 cm³/mol. The summed E-state index contributed by atoms with van der Waals surface area (Å²) in [5.41, 5.74) is 5.02. The number of rotatable bonds is 3. The Labute approximate surface area is 117 Å². The Balaban J connectivity index is 2.06. The molecule has 0 N–H and O–H groups in total. The van der Waals surface area contributed by atoms with Gasteiger partial charge in [-0.25, -0.2) is 0 Å².